The normalized spacial score (nSPS) is 14.5. The molecule has 52 nitrogen and oxygen atoms in total. The predicted octanol–water partition coefficient (Wildman–Crippen LogP) is -7.58. The maximum absolute atomic E-state index is 15.2. The first-order valence-corrected chi connectivity index (χ1v) is 46.4. The minimum Gasteiger partial charge on any atom is -0.508 e. The number of fused-ring (bicyclic) bond motifs is 1. The summed E-state index contributed by atoms with van der Waals surface area (Å²) in [7, 11) is 0. The third kappa shape index (κ3) is 42.0. The second-order valence-electron chi connectivity index (χ2n) is 35.7. The lowest BCUT2D eigenvalue weighted by Crippen LogP contribution is -2.63. The van der Waals surface area contributed by atoms with E-state index in [0.717, 1.165) is 13.8 Å². The highest BCUT2D eigenvalue weighted by Crippen LogP contribution is 2.22. The van der Waals surface area contributed by atoms with Gasteiger partial charge < -0.3 is 160 Å². The van der Waals surface area contributed by atoms with Crippen molar-refractivity contribution in [1.82, 2.24) is 111 Å². The Hall–Kier alpha value is -15.8. The number of primary amides is 3. The second-order valence-corrected chi connectivity index (χ2v) is 35.7. The molecule has 0 saturated carbocycles. The summed E-state index contributed by atoms with van der Waals surface area (Å²) in [6, 6.07) is -6.78. The molecule has 39 N–H and O–H groups in total. The molecule has 0 bridgehead atoms. The van der Waals surface area contributed by atoms with Gasteiger partial charge in [-0.25, -0.2) is 4.98 Å². The van der Waals surface area contributed by atoms with Crippen LogP contribution in [-0.2, 0) is 112 Å². The summed E-state index contributed by atoms with van der Waals surface area (Å²) >= 11 is 0. The van der Waals surface area contributed by atoms with Crippen LogP contribution in [-0.4, -0.2) is 283 Å². The van der Waals surface area contributed by atoms with Gasteiger partial charge in [-0.15, -0.1) is 0 Å². The summed E-state index contributed by atoms with van der Waals surface area (Å²) in [6.45, 7) is 12.2. The molecule has 0 saturated heterocycles. The van der Waals surface area contributed by atoms with Crippen LogP contribution in [0.4, 0.5) is 0 Å². The van der Waals surface area contributed by atoms with E-state index < -0.39 is 271 Å². The zero-order chi connectivity index (χ0) is 107. The summed E-state index contributed by atoms with van der Waals surface area (Å²) in [5, 5.41) is 111. The maximum Gasteiger partial charge on any atom is 0.245 e. The number of nitrogens with zero attached hydrogens (tertiary/aromatic N) is 1. The average molecular weight is 2000 g/mol. The highest BCUT2D eigenvalue weighted by atomic mass is 16.3. The van der Waals surface area contributed by atoms with Gasteiger partial charge in [0, 0.05) is 87.7 Å². The number of aromatic amines is 2. The number of hydrogen-bond donors (Lipinski definition) is 33. The molecule has 0 unspecified atom stereocenters. The predicted molar refractivity (Wildman–Crippen MR) is 520 cm³/mol. The van der Waals surface area contributed by atoms with E-state index in [9.17, 15) is 82.8 Å². The topological polar surface area (TPSA) is 877 Å². The van der Waals surface area contributed by atoms with Gasteiger partial charge in [-0.1, -0.05) is 84.0 Å². The Morgan fingerprint density at radius 3 is 1.16 bits per heavy atom. The van der Waals surface area contributed by atoms with Crippen molar-refractivity contribution in [2.75, 3.05) is 26.2 Å². The van der Waals surface area contributed by atoms with Gasteiger partial charge in [-0.2, -0.15) is 0 Å². The van der Waals surface area contributed by atoms with E-state index in [1.54, 1.807) is 52.0 Å². The van der Waals surface area contributed by atoms with Crippen molar-refractivity contribution < 1.29 is 107 Å². The van der Waals surface area contributed by atoms with Gasteiger partial charge in [-0.3, -0.25) is 103 Å². The molecule has 0 spiro atoms. The Morgan fingerprint density at radius 2 is 0.748 bits per heavy atom. The number of aliphatic hydroxyl groups is 2. The third-order valence-electron chi connectivity index (χ3n) is 22.2. The number of imidazole rings is 1. The van der Waals surface area contributed by atoms with E-state index in [0.29, 0.717) is 27.6 Å². The molecule has 784 valence electrons. The summed E-state index contributed by atoms with van der Waals surface area (Å²) in [5.41, 5.74) is 35.6. The number of nitrogens with two attached hydrogens (primary N) is 6. The van der Waals surface area contributed by atoms with Gasteiger partial charge in [-0.05, 0) is 136 Å². The maximum atomic E-state index is 15.2. The van der Waals surface area contributed by atoms with Crippen LogP contribution >= 0.6 is 0 Å². The number of carbonyl (C=O) groups excluding carboxylic acids is 18. The van der Waals surface area contributed by atoms with Crippen molar-refractivity contribution in [1.29, 1.82) is 16.2 Å². The standard InChI is InChI=1S/C91H138N30O22/c1-44(2)33-63(114-86(141)69(42-122)119-75(130)47(7)107-49(9)124)80(135)109-59(18-13-31-103-90(97)98)78(133)117-67(38-53-41-101-43-106-53)83(138)115-65(36-51-22-26-55(126)27-23-51)82(137)113-64(34-45(3)4)81(136)118-68(39-71(93)128)84(139)116-66(37-52-40-105-57-16-11-10-15-56(52)57)85(140)120-72(46(5)6)87(142)121-73(48(8)123)88(143)111-60(19-14-32-104-91(99)100)76(131)110-61(28-29-70(92)127)79(134)108-58(17-12-30-102-89(95)96)77(132)112-62(74(94)129)35-50-20-24-54(125)25-21-50/h10-11,15-16,20-27,40-41,43-48,58-69,72-73,105,122-123,125-126H,12-14,17-19,28-39,42H2,1-9H3,(H2,92,127)(H2,93,128)(H2,94,129)(H,101,106)(H,107,124)(H,108,134)(H,109,135)(H,110,131)(H,111,143)(H,112,132)(H,113,137)(H,114,141)(H,115,138)(H,116,139)(H,117,133)(H,118,136)(H,119,130)(H,120,140)(H,121,142)(H4,95,96,102)(H4,97,98,103)(H4,99,100,104)/t47-,48+,58-,59-,60-,61-,62-,63-,64-,65-,66+,67-,68-,69-,72-,73-/m0/s1. The van der Waals surface area contributed by atoms with E-state index >= 15 is 24.0 Å². The van der Waals surface area contributed by atoms with Crippen LogP contribution in [0.1, 0.15) is 155 Å². The molecule has 0 aliphatic heterocycles. The molecule has 0 aliphatic carbocycles. The van der Waals surface area contributed by atoms with E-state index in [1.165, 1.54) is 88.0 Å². The highest BCUT2D eigenvalue weighted by molar-refractivity contribution is 6.02. The quantitative estimate of drug-likeness (QED) is 0.00977. The summed E-state index contributed by atoms with van der Waals surface area (Å²) in [4.78, 5) is 264. The highest BCUT2D eigenvalue weighted by Gasteiger charge is 2.41. The molecule has 0 aliphatic rings. The van der Waals surface area contributed by atoms with Gasteiger partial charge in [0.05, 0.1) is 25.5 Å². The van der Waals surface area contributed by atoms with Crippen LogP contribution in [0, 0.1) is 34.0 Å². The average Bonchev–Trinajstić information content (AvgIpc) is 1.72. The van der Waals surface area contributed by atoms with Gasteiger partial charge >= 0.3 is 0 Å². The molecule has 0 fully saturated rings. The zero-order valence-electron chi connectivity index (χ0n) is 81.1. The fourth-order valence-electron chi connectivity index (χ4n) is 14.8. The fourth-order valence-corrected chi connectivity index (χ4v) is 14.8. The van der Waals surface area contributed by atoms with Crippen molar-refractivity contribution in [3.63, 3.8) is 0 Å². The molecule has 143 heavy (non-hydrogen) atoms. The van der Waals surface area contributed by atoms with Crippen LogP contribution in [0.15, 0.2) is 91.5 Å². The van der Waals surface area contributed by atoms with Crippen LogP contribution in [0.25, 0.3) is 10.9 Å². The number of benzene rings is 3. The first-order chi connectivity index (χ1) is 67.4. The number of hydrogen-bond acceptors (Lipinski definition) is 26. The van der Waals surface area contributed by atoms with Crippen LogP contribution < -0.4 is 130 Å². The third-order valence-corrected chi connectivity index (χ3v) is 22.2. The summed E-state index contributed by atoms with van der Waals surface area (Å²) < 4.78 is 0. The van der Waals surface area contributed by atoms with Gasteiger partial charge in [0.2, 0.25) is 106 Å². The summed E-state index contributed by atoms with van der Waals surface area (Å²) in [6.07, 6.45) is -2.13. The van der Waals surface area contributed by atoms with Crippen LogP contribution in [0.5, 0.6) is 11.5 Å². The van der Waals surface area contributed by atoms with Gasteiger partial charge in [0.15, 0.2) is 17.9 Å². The Bertz CT molecular complexity index is 5210. The van der Waals surface area contributed by atoms with Crippen LogP contribution in [0.2, 0.25) is 0 Å². The number of carbonyl (C=O) groups is 18. The molecule has 2 aromatic heterocycles. The van der Waals surface area contributed by atoms with Gasteiger partial charge in [0.1, 0.15) is 102 Å². The molecule has 52 heteroatoms. The monoisotopic (exact) mass is 2000 g/mol. The van der Waals surface area contributed by atoms with Crippen LogP contribution in [0.3, 0.4) is 0 Å². The van der Waals surface area contributed by atoms with Crippen molar-refractivity contribution in [2.45, 2.75) is 255 Å². The molecule has 5 rings (SSSR count). The lowest BCUT2D eigenvalue weighted by Gasteiger charge is -2.30. The Labute approximate surface area is 824 Å². The number of para-hydroxylation sites is 1. The largest absolute Gasteiger partial charge is 0.508 e. The first kappa shape index (κ1) is 118. The number of rotatable bonds is 62. The molecule has 16 atom stereocenters. The first-order valence-electron chi connectivity index (χ1n) is 46.4. The van der Waals surface area contributed by atoms with Crippen molar-refractivity contribution >= 4 is 135 Å². The molecular formula is C91H138N30O22. The van der Waals surface area contributed by atoms with E-state index in [2.05, 4.69) is 111 Å². The molecule has 2 heterocycles. The smallest absolute Gasteiger partial charge is 0.245 e. The van der Waals surface area contributed by atoms with E-state index in [1.807, 2.05) is 0 Å². The summed E-state index contributed by atoms with van der Waals surface area (Å²) in [5.74, 6) is -22.0. The number of aromatic hydroxyl groups is 2. The van der Waals surface area contributed by atoms with Gasteiger partial charge in [0.25, 0.3) is 0 Å². The zero-order valence-corrected chi connectivity index (χ0v) is 81.1. The minimum absolute atomic E-state index is 0.00120. The number of H-pyrrole nitrogens is 2. The lowest BCUT2D eigenvalue weighted by molar-refractivity contribution is -0.138. The SMILES string of the molecule is CC(=O)N[C@@H](C)C(=O)N[C@@H](CO)C(=O)N[C@@H](CC(C)C)C(=O)N[C@@H](CCCNC(=N)N)C(=O)N[C@@H](Cc1cnc[nH]1)C(=O)N[C@@H](Cc1ccc(O)cc1)C(=O)N[C@@H](CC(C)C)C(=O)N[C@@H](CC(N)=O)C(=O)N[C@H](Cc1c[nH]c2ccccc12)C(=O)N[C@H](C(=O)N[C@H](C(=O)N[C@@H](CCCNC(=N)N)C(=O)N[C@@H](CCC(N)=O)C(=O)N[C@@H](CCCNC(=N)N)C(=O)N[C@@H](Cc1ccc(O)cc1)C(N)=O)[C@@H](C)O)C(C)C. The molecule has 18 amide bonds. The molecular weight excluding hydrogens is 1870 g/mol. The molecule has 0 radical (unpaired) electrons. The van der Waals surface area contributed by atoms with Crippen molar-refractivity contribution in [3.05, 3.63) is 114 Å². The number of amides is 18. The van der Waals surface area contributed by atoms with Crippen molar-refractivity contribution in [2.24, 2.45) is 52.2 Å². The Kier molecular flexibility index (Phi) is 48.5. The lowest BCUT2D eigenvalue weighted by atomic mass is 9.99. The van der Waals surface area contributed by atoms with E-state index in [-0.39, 0.29) is 107 Å². The fraction of sp³-hybridized carbons (Fsp3) is 0.516. The molecule has 5 aromatic rings. The number of guanidine groups is 3. The van der Waals surface area contributed by atoms with E-state index in [4.69, 9.17) is 50.6 Å². The van der Waals surface area contributed by atoms with Crippen molar-refractivity contribution in [3.8, 4) is 11.5 Å². The number of aromatic nitrogens is 3. The second kappa shape index (κ2) is 58.9. The number of phenols is 2. The Morgan fingerprint density at radius 1 is 0.385 bits per heavy atom. The Balaban J connectivity index is 1.46. The number of nitrogens with one attached hydrogen (secondary N) is 23. The molecule has 3 aromatic carbocycles. The number of aliphatic hydroxyl groups excluding tert-OH is 2. The number of phenolic OH excluding ortho intramolecular Hbond substituents is 2. The minimum atomic E-state index is -1.99.